The number of carbonyl (C=O) groups is 1. The molecule has 0 spiro atoms. The average Bonchev–Trinajstić information content (AvgIpc) is 2.78. The van der Waals surface area contributed by atoms with Gasteiger partial charge >= 0.3 is 0 Å². The maximum absolute atomic E-state index is 12.7. The third kappa shape index (κ3) is 5.51. The van der Waals surface area contributed by atoms with Crippen LogP contribution in [0.25, 0.3) is 6.08 Å². The maximum Gasteiger partial charge on any atom is 0.246 e. The van der Waals surface area contributed by atoms with Crippen LogP contribution in [0.1, 0.15) is 41.5 Å². The van der Waals surface area contributed by atoms with Gasteiger partial charge in [-0.15, -0.1) is 0 Å². The Morgan fingerprint density at radius 2 is 2.03 bits per heavy atom. The lowest BCUT2D eigenvalue weighted by Crippen LogP contribution is -2.38. The van der Waals surface area contributed by atoms with E-state index in [1.54, 1.807) is 18.5 Å². The summed E-state index contributed by atoms with van der Waals surface area (Å²) in [6, 6.07) is 11.6. The molecule has 0 bridgehead atoms. The number of hydrogen-bond acceptors (Lipinski definition) is 6. The molecule has 1 atom stereocenters. The number of likely N-dealkylation sites (tertiary alicyclic amines) is 1. The lowest BCUT2D eigenvalue weighted by atomic mass is 9.94. The highest BCUT2D eigenvalue weighted by atomic mass is 16.2. The van der Waals surface area contributed by atoms with Crippen LogP contribution < -0.4 is 5.32 Å². The minimum atomic E-state index is 0.0154. The monoisotopic (exact) mass is 414 g/mol. The molecule has 4 rings (SSSR count). The van der Waals surface area contributed by atoms with Gasteiger partial charge in [-0.1, -0.05) is 12.1 Å². The first kappa shape index (κ1) is 20.7. The molecule has 0 aromatic carbocycles. The van der Waals surface area contributed by atoms with Gasteiger partial charge in [0.25, 0.3) is 0 Å². The first-order valence-corrected chi connectivity index (χ1v) is 10.5. The van der Waals surface area contributed by atoms with E-state index < -0.39 is 0 Å². The van der Waals surface area contributed by atoms with E-state index in [-0.39, 0.29) is 11.8 Å². The van der Waals surface area contributed by atoms with Crippen molar-refractivity contribution in [2.24, 2.45) is 0 Å². The molecule has 4 heterocycles. The fourth-order valence-electron chi connectivity index (χ4n) is 3.77. The van der Waals surface area contributed by atoms with Gasteiger partial charge in [0.2, 0.25) is 5.91 Å². The summed E-state index contributed by atoms with van der Waals surface area (Å²) in [5.74, 6) is 2.37. The molecule has 1 amide bonds. The number of aromatic nitrogens is 4. The number of nitrogens with one attached hydrogen (secondary N) is 1. The number of nitrogens with zero attached hydrogens (tertiary/aromatic N) is 5. The van der Waals surface area contributed by atoms with E-state index >= 15 is 0 Å². The molecule has 7 heteroatoms. The molecule has 0 saturated carbocycles. The molecule has 1 saturated heterocycles. The van der Waals surface area contributed by atoms with Crippen molar-refractivity contribution in [2.75, 3.05) is 18.4 Å². The van der Waals surface area contributed by atoms with Crippen molar-refractivity contribution in [1.82, 2.24) is 24.8 Å². The Bertz CT molecular complexity index is 1080. The Morgan fingerprint density at radius 1 is 1.13 bits per heavy atom. The van der Waals surface area contributed by atoms with Crippen molar-refractivity contribution < 1.29 is 4.79 Å². The number of amides is 1. The topological polar surface area (TPSA) is 83.9 Å². The normalized spacial score (nSPS) is 16.5. The van der Waals surface area contributed by atoms with E-state index in [2.05, 4.69) is 25.3 Å². The Balaban J connectivity index is 1.47. The fourth-order valence-corrected chi connectivity index (χ4v) is 3.77. The van der Waals surface area contributed by atoms with Gasteiger partial charge in [-0.3, -0.25) is 9.78 Å². The maximum atomic E-state index is 12.7. The summed E-state index contributed by atoms with van der Waals surface area (Å²) >= 11 is 0. The summed E-state index contributed by atoms with van der Waals surface area (Å²) in [5.41, 5.74) is 2.81. The molecular formula is C24H26N6O. The van der Waals surface area contributed by atoms with Crippen LogP contribution in [0, 0.1) is 13.8 Å². The summed E-state index contributed by atoms with van der Waals surface area (Å²) in [7, 11) is 0. The van der Waals surface area contributed by atoms with Crippen molar-refractivity contribution >= 4 is 23.6 Å². The molecule has 0 aliphatic carbocycles. The molecule has 1 fully saturated rings. The van der Waals surface area contributed by atoms with E-state index in [1.165, 1.54) is 0 Å². The third-order valence-electron chi connectivity index (χ3n) is 5.26. The van der Waals surface area contributed by atoms with Gasteiger partial charge in [0.05, 0.1) is 5.69 Å². The summed E-state index contributed by atoms with van der Waals surface area (Å²) in [5, 5.41) is 3.28. The number of piperidine rings is 1. The number of hydrogen-bond donors (Lipinski definition) is 1. The van der Waals surface area contributed by atoms with Crippen LogP contribution >= 0.6 is 0 Å². The number of rotatable bonds is 5. The van der Waals surface area contributed by atoms with Crippen LogP contribution in [-0.4, -0.2) is 43.8 Å². The average molecular weight is 415 g/mol. The van der Waals surface area contributed by atoms with Gasteiger partial charge in [-0.05, 0) is 56.5 Å². The molecular weight excluding hydrogens is 388 g/mol. The van der Waals surface area contributed by atoms with Crippen molar-refractivity contribution in [1.29, 1.82) is 0 Å². The van der Waals surface area contributed by atoms with Crippen LogP contribution in [0.3, 0.4) is 0 Å². The van der Waals surface area contributed by atoms with Crippen molar-refractivity contribution in [3.63, 3.8) is 0 Å². The summed E-state index contributed by atoms with van der Waals surface area (Å²) < 4.78 is 0. The lowest BCUT2D eigenvalue weighted by molar-refractivity contribution is -0.127. The zero-order valence-electron chi connectivity index (χ0n) is 17.8. The van der Waals surface area contributed by atoms with Crippen molar-refractivity contribution in [3.8, 4) is 0 Å². The molecule has 1 N–H and O–H groups in total. The number of aryl methyl sites for hydroxylation is 2. The van der Waals surface area contributed by atoms with Crippen molar-refractivity contribution in [3.05, 3.63) is 77.6 Å². The minimum Gasteiger partial charge on any atom is -0.338 e. The van der Waals surface area contributed by atoms with Gasteiger partial charge in [0, 0.05) is 49.2 Å². The van der Waals surface area contributed by atoms with E-state index in [0.29, 0.717) is 12.4 Å². The molecule has 7 nitrogen and oxygen atoms in total. The summed E-state index contributed by atoms with van der Waals surface area (Å²) in [4.78, 5) is 32.4. The van der Waals surface area contributed by atoms with Gasteiger partial charge in [0.15, 0.2) is 0 Å². The Morgan fingerprint density at radius 3 is 2.84 bits per heavy atom. The zero-order chi connectivity index (χ0) is 21.6. The van der Waals surface area contributed by atoms with Crippen LogP contribution in [-0.2, 0) is 4.79 Å². The highest BCUT2D eigenvalue weighted by molar-refractivity contribution is 5.91. The second kappa shape index (κ2) is 9.47. The van der Waals surface area contributed by atoms with Crippen LogP contribution in [0.2, 0.25) is 0 Å². The van der Waals surface area contributed by atoms with E-state index in [1.807, 2.05) is 61.2 Å². The van der Waals surface area contributed by atoms with Gasteiger partial charge in [-0.2, -0.15) is 0 Å². The quantitative estimate of drug-likeness (QED) is 0.634. The number of carbonyl (C=O) groups excluding carboxylic acids is 1. The third-order valence-corrected chi connectivity index (χ3v) is 5.26. The SMILES string of the molecule is Cc1cccc(Nc2cc([C@@H]3CCCN(C(=O)/C=C/c4cccnc4)C3)nc(C)n2)n1. The number of anilines is 2. The summed E-state index contributed by atoms with van der Waals surface area (Å²) in [6.07, 6.45) is 8.84. The molecule has 1 aliphatic heterocycles. The molecule has 31 heavy (non-hydrogen) atoms. The van der Waals surface area contributed by atoms with E-state index in [4.69, 9.17) is 0 Å². The van der Waals surface area contributed by atoms with Gasteiger partial charge in [0.1, 0.15) is 17.5 Å². The highest BCUT2D eigenvalue weighted by Gasteiger charge is 2.25. The second-order valence-electron chi connectivity index (χ2n) is 7.76. The molecule has 158 valence electrons. The Labute approximate surface area is 182 Å². The molecule has 3 aromatic heterocycles. The van der Waals surface area contributed by atoms with E-state index in [0.717, 1.165) is 48.0 Å². The Kier molecular flexibility index (Phi) is 6.31. The van der Waals surface area contributed by atoms with Crippen LogP contribution in [0.5, 0.6) is 0 Å². The predicted octanol–water partition coefficient (Wildman–Crippen LogP) is 4.05. The van der Waals surface area contributed by atoms with Gasteiger partial charge < -0.3 is 10.2 Å². The summed E-state index contributed by atoms with van der Waals surface area (Å²) in [6.45, 7) is 5.25. The smallest absolute Gasteiger partial charge is 0.246 e. The first-order valence-electron chi connectivity index (χ1n) is 10.5. The molecule has 0 unspecified atom stereocenters. The Hall–Kier alpha value is -3.61. The predicted molar refractivity (Wildman–Crippen MR) is 121 cm³/mol. The lowest BCUT2D eigenvalue weighted by Gasteiger charge is -2.32. The van der Waals surface area contributed by atoms with Crippen LogP contribution in [0.4, 0.5) is 11.6 Å². The van der Waals surface area contributed by atoms with Crippen molar-refractivity contribution in [2.45, 2.75) is 32.6 Å². The standard InChI is InChI=1S/C24H26N6O/c1-17-6-3-9-22(26-17)29-23-14-21(27-18(2)28-23)20-8-5-13-30(16-20)24(31)11-10-19-7-4-12-25-15-19/h3-4,6-7,9-12,14-15,20H,5,8,13,16H2,1-2H3,(H,26,27,28,29)/b11-10+/t20-/m1/s1. The molecule has 1 aliphatic rings. The zero-order valence-corrected chi connectivity index (χ0v) is 17.8. The first-order chi connectivity index (χ1) is 15.1. The minimum absolute atomic E-state index is 0.0154. The fraction of sp³-hybridized carbons (Fsp3) is 0.292. The highest BCUT2D eigenvalue weighted by Crippen LogP contribution is 2.28. The van der Waals surface area contributed by atoms with E-state index in [9.17, 15) is 4.79 Å². The molecule has 3 aromatic rings. The number of pyridine rings is 2. The second-order valence-corrected chi connectivity index (χ2v) is 7.76. The molecule has 0 radical (unpaired) electrons. The largest absolute Gasteiger partial charge is 0.338 e. The van der Waals surface area contributed by atoms with Gasteiger partial charge in [-0.25, -0.2) is 15.0 Å². The van der Waals surface area contributed by atoms with Crippen LogP contribution in [0.15, 0.2) is 54.9 Å².